The first-order chi connectivity index (χ1) is 11.7. The van der Waals surface area contributed by atoms with Crippen LogP contribution in [0.1, 0.15) is 42.5 Å². The van der Waals surface area contributed by atoms with Crippen molar-refractivity contribution in [3.63, 3.8) is 0 Å². The van der Waals surface area contributed by atoms with Crippen LogP contribution in [0.15, 0.2) is 18.2 Å². The van der Waals surface area contributed by atoms with Gasteiger partial charge in [0.1, 0.15) is 0 Å². The highest BCUT2D eigenvalue weighted by Gasteiger charge is 2.57. The van der Waals surface area contributed by atoms with Crippen LogP contribution in [0.2, 0.25) is 0 Å². The van der Waals surface area contributed by atoms with Gasteiger partial charge in [-0.25, -0.2) is 0 Å². The minimum absolute atomic E-state index is 0.0470. The Morgan fingerprint density at radius 2 is 2.08 bits per heavy atom. The Morgan fingerprint density at radius 1 is 1.29 bits per heavy atom. The average molecular weight is 331 g/mol. The van der Waals surface area contributed by atoms with Crippen LogP contribution in [-0.2, 0) is 4.74 Å². The molecule has 1 saturated heterocycles. The highest BCUT2D eigenvalue weighted by Crippen LogP contribution is 2.51. The second-order valence-electron chi connectivity index (χ2n) is 7.30. The fourth-order valence-electron chi connectivity index (χ4n) is 4.91. The van der Waals surface area contributed by atoms with E-state index in [2.05, 4.69) is 5.32 Å². The molecule has 0 bridgehead atoms. The average Bonchev–Trinajstić information content (AvgIpc) is 3.24. The minimum atomic E-state index is -0.0911. The third-order valence-corrected chi connectivity index (χ3v) is 6.12. The number of amides is 1. The van der Waals surface area contributed by atoms with E-state index < -0.39 is 0 Å². The number of rotatable bonds is 4. The van der Waals surface area contributed by atoms with E-state index in [-0.39, 0.29) is 17.7 Å². The van der Waals surface area contributed by atoms with Crippen LogP contribution in [0.25, 0.3) is 0 Å². The third kappa shape index (κ3) is 2.55. The molecule has 0 unspecified atom stereocenters. The van der Waals surface area contributed by atoms with Crippen LogP contribution < -0.4 is 10.1 Å². The van der Waals surface area contributed by atoms with Crippen LogP contribution in [0, 0.1) is 17.8 Å². The molecule has 0 spiro atoms. The molecule has 3 aliphatic rings. The van der Waals surface area contributed by atoms with Gasteiger partial charge >= 0.3 is 0 Å². The number of benzene rings is 1. The van der Waals surface area contributed by atoms with E-state index >= 15 is 0 Å². The lowest BCUT2D eigenvalue weighted by Crippen LogP contribution is -2.63. The number of phenolic OH excluding ortho intramolecular Hbond substituents is 1. The van der Waals surface area contributed by atoms with Crippen molar-refractivity contribution < 1.29 is 19.4 Å². The molecule has 1 aromatic rings. The topological polar surface area (TPSA) is 67.8 Å². The number of ether oxygens (including phenoxy) is 2. The molecule has 1 aliphatic heterocycles. The Balaban J connectivity index is 1.49. The molecule has 4 atom stereocenters. The van der Waals surface area contributed by atoms with E-state index in [9.17, 15) is 9.90 Å². The zero-order chi connectivity index (χ0) is 16.7. The number of aromatic hydroxyl groups is 1. The maximum Gasteiger partial charge on any atom is 0.251 e. The summed E-state index contributed by atoms with van der Waals surface area (Å²) in [5, 5.41) is 12.9. The molecular weight excluding hydrogens is 306 g/mol. The van der Waals surface area contributed by atoms with Crippen molar-refractivity contribution in [3.8, 4) is 11.5 Å². The van der Waals surface area contributed by atoms with Crippen molar-refractivity contribution in [1.29, 1.82) is 0 Å². The van der Waals surface area contributed by atoms with Gasteiger partial charge in [0, 0.05) is 30.0 Å². The van der Waals surface area contributed by atoms with Gasteiger partial charge in [-0.05, 0) is 30.5 Å². The Morgan fingerprint density at radius 3 is 2.83 bits per heavy atom. The second-order valence-corrected chi connectivity index (χ2v) is 7.30. The normalized spacial score (nSPS) is 32.2. The molecule has 0 radical (unpaired) electrons. The summed E-state index contributed by atoms with van der Waals surface area (Å²) < 4.78 is 11.0. The van der Waals surface area contributed by atoms with Crippen molar-refractivity contribution in [2.75, 3.05) is 13.7 Å². The Labute approximate surface area is 142 Å². The van der Waals surface area contributed by atoms with Crippen LogP contribution >= 0.6 is 0 Å². The summed E-state index contributed by atoms with van der Waals surface area (Å²) in [6, 6.07) is 4.95. The highest BCUT2D eigenvalue weighted by atomic mass is 16.5. The van der Waals surface area contributed by atoms with Gasteiger partial charge in [-0.15, -0.1) is 0 Å². The van der Waals surface area contributed by atoms with Gasteiger partial charge in [-0.3, -0.25) is 4.79 Å². The number of fused-ring (bicyclic) bond motifs is 1. The molecule has 3 fully saturated rings. The van der Waals surface area contributed by atoms with Gasteiger partial charge in [-0.2, -0.15) is 0 Å². The Kier molecular flexibility index (Phi) is 4.12. The lowest BCUT2D eigenvalue weighted by molar-refractivity contribution is -0.0784. The van der Waals surface area contributed by atoms with Crippen LogP contribution in [0.4, 0.5) is 0 Å². The number of methoxy groups -OCH3 is 1. The quantitative estimate of drug-likeness (QED) is 0.890. The van der Waals surface area contributed by atoms with Gasteiger partial charge in [0.25, 0.3) is 5.91 Å². The summed E-state index contributed by atoms with van der Waals surface area (Å²) in [5.74, 6) is 1.88. The van der Waals surface area contributed by atoms with E-state index in [1.165, 1.54) is 38.9 Å². The van der Waals surface area contributed by atoms with Crippen LogP contribution in [-0.4, -0.2) is 36.9 Å². The van der Waals surface area contributed by atoms with Gasteiger partial charge < -0.3 is 19.9 Å². The molecule has 2 saturated carbocycles. The minimum Gasteiger partial charge on any atom is -0.504 e. The summed E-state index contributed by atoms with van der Waals surface area (Å²) in [5.41, 5.74) is 0.525. The first-order valence-electron chi connectivity index (χ1n) is 8.98. The highest BCUT2D eigenvalue weighted by molar-refractivity contribution is 5.95. The fourth-order valence-corrected chi connectivity index (χ4v) is 4.91. The SMILES string of the molecule is COc1cc(C(=O)N[C@@H]2[C@@H]3CCO[C@@H]3[C@@H]2C2CCCC2)ccc1O. The number of carbonyl (C=O) groups excluding carboxylic acids is 1. The van der Waals surface area contributed by atoms with Crippen molar-refractivity contribution in [2.24, 2.45) is 17.8 Å². The van der Waals surface area contributed by atoms with Gasteiger partial charge in [0.15, 0.2) is 11.5 Å². The smallest absolute Gasteiger partial charge is 0.251 e. The fraction of sp³-hybridized carbons (Fsp3) is 0.632. The van der Waals surface area contributed by atoms with E-state index in [1.54, 1.807) is 12.1 Å². The summed E-state index contributed by atoms with van der Waals surface area (Å²) in [7, 11) is 1.49. The van der Waals surface area contributed by atoms with Crippen LogP contribution in [0.3, 0.4) is 0 Å². The molecule has 5 nitrogen and oxygen atoms in total. The predicted molar refractivity (Wildman–Crippen MR) is 89.2 cm³/mol. The molecule has 24 heavy (non-hydrogen) atoms. The van der Waals surface area contributed by atoms with Crippen molar-refractivity contribution >= 4 is 5.91 Å². The van der Waals surface area contributed by atoms with E-state index in [0.717, 1.165) is 13.0 Å². The molecule has 130 valence electrons. The monoisotopic (exact) mass is 331 g/mol. The van der Waals surface area contributed by atoms with Crippen LogP contribution in [0.5, 0.6) is 11.5 Å². The zero-order valence-corrected chi connectivity index (χ0v) is 14.0. The molecular formula is C19H25NO4. The number of phenols is 1. The number of hydrogen-bond acceptors (Lipinski definition) is 4. The molecule has 0 aromatic heterocycles. The predicted octanol–water partition coefficient (Wildman–Crippen LogP) is 2.72. The number of nitrogens with one attached hydrogen (secondary N) is 1. The van der Waals surface area contributed by atoms with Crippen molar-refractivity contribution in [3.05, 3.63) is 23.8 Å². The molecule has 2 N–H and O–H groups in total. The van der Waals surface area contributed by atoms with Crippen molar-refractivity contribution in [1.82, 2.24) is 5.32 Å². The maximum absolute atomic E-state index is 12.7. The molecule has 1 aromatic carbocycles. The Hall–Kier alpha value is -1.75. The first kappa shape index (κ1) is 15.8. The molecule has 2 aliphatic carbocycles. The summed E-state index contributed by atoms with van der Waals surface area (Å²) in [6.07, 6.45) is 6.50. The van der Waals surface area contributed by atoms with Gasteiger partial charge in [-0.1, -0.05) is 25.7 Å². The molecule has 5 heteroatoms. The van der Waals surface area contributed by atoms with Gasteiger partial charge in [0.2, 0.25) is 0 Å². The van der Waals surface area contributed by atoms with E-state index in [0.29, 0.717) is 35.2 Å². The largest absolute Gasteiger partial charge is 0.504 e. The maximum atomic E-state index is 12.7. The van der Waals surface area contributed by atoms with E-state index in [1.807, 2.05) is 0 Å². The second kappa shape index (κ2) is 6.28. The van der Waals surface area contributed by atoms with Crippen molar-refractivity contribution in [2.45, 2.75) is 44.2 Å². The summed E-state index contributed by atoms with van der Waals surface area (Å²) >= 11 is 0. The zero-order valence-electron chi connectivity index (χ0n) is 14.0. The molecule has 1 heterocycles. The summed E-state index contributed by atoms with van der Waals surface area (Å²) in [6.45, 7) is 0.817. The van der Waals surface area contributed by atoms with E-state index in [4.69, 9.17) is 9.47 Å². The molecule has 1 amide bonds. The Bertz CT molecular complexity index is 621. The lowest BCUT2D eigenvalue weighted by atomic mass is 9.61. The molecule has 4 rings (SSSR count). The number of hydrogen-bond donors (Lipinski definition) is 2. The third-order valence-electron chi connectivity index (χ3n) is 6.12. The summed E-state index contributed by atoms with van der Waals surface area (Å²) in [4.78, 5) is 12.7. The number of carbonyl (C=O) groups is 1. The standard InChI is InChI=1S/C19H25NO4/c1-23-15-10-12(6-7-14(15)21)19(22)20-17-13-8-9-24-18(13)16(17)11-4-2-3-5-11/h6-7,10-11,13,16-18,21H,2-5,8-9H2,1H3,(H,20,22)/t13-,16+,17+,18-/m0/s1. The van der Waals surface area contributed by atoms with Gasteiger partial charge in [0.05, 0.1) is 13.2 Å². The first-order valence-corrected chi connectivity index (χ1v) is 8.98. The lowest BCUT2D eigenvalue weighted by Gasteiger charge is -2.50.